The summed E-state index contributed by atoms with van der Waals surface area (Å²) in [6, 6.07) is 11.0. The molecule has 10 heteroatoms. The Bertz CT molecular complexity index is 1050. The monoisotopic (exact) mass is 457 g/mol. The van der Waals surface area contributed by atoms with E-state index in [2.05, 4.69) is 5.10 Å². The smallest absolute Gasteiger partial charge is 0.416 e. The van der Waals surface area contributed by atoms with Crippen LogP contribution in [0.25, 0.3) is 5.69 Å². The maximum Gasteiger partial charge on any atom is 0.416 e. The molecule has 0 saturated carbocycles. The Balaban J connectivity index is 1.89. The van der Waals surface area contributed by atoms with Crippen molar-refractivity contribution in [1.29, 1.82) is 5.26 Å². The fourth-order valence-electron chi connectivity index (χ4n) is 2.48. The molecule has 3 aromatic rings. The molecule has 150 valence electrons. The number of methoxy groups -OCH3 is 1. The number of nitriles is 1. The van der Waals surface area contributed by atoms with E-state index in [0.717, 1.165) is 23.4 Å². The lowest BCUT2D eigenvalue weighted by atomic mass is 10.2. The molecule has 0 unspecified atom stereocenters. The summed E-state index contributed by atoms with van der Waals surface area (Å²) in [4.78, 5) is 0. The summed E-state index contributed by atoms with van der Waals surface area (Å²) in [5.41, 5.74) is 0.363. The summed E-state index contributed by atoms with van der Waals surface area (Å²) >= 11 is 13.4. The number of halogens is 5. The SMILES string of the molecule is COc1ccc(CSc2nn(-c3c(Cl)cc(C(F)(F)F)cc3Cl)cc2C#N)cc1. The van der Waals surface area contributed by atoms with Gasteiger partial charge in [-0.3, -0.25) is 0 Å². The third-order valence-corrected chi connectivity index (χ3v) is 5.54. The first kappa shape index (κ1) is 21.4. The lowest BCUT2D eigenvalue weighted by Crippen LogP contribution is -2.07. The van der Waals surface area contributed by atoms with Gasteiger partial charge in [-0.2, -0.15) is 23.5 Å². The van der Waals surface area contributed by atoms with Crippen LogP contribution < -0.4 is 4.74 Å². The molecule has 1 aromatic heterocycles. The predicted molar refractivity (Wildman–Crippen MR) is 106 cm³/mol. The molecule has 29 heavy (non-hydrogen) atoms. The van der Waals surface area contributed by atoms with Gasteiger partial charge in [0.1, 0.15) is 28.1 Å². The van der Waals surface area contributed by atoms with Gasteiger partial charge in [-0.25, -0.2) is 4.68 Å². The number of aromatic nitrogens is 2. The van der Waals surface area contributed by atoms with E-state index in [-0.39, 0.29) is 21.3 Å². The molecule has 0 bridgehead atoms. The highest BCUT2D eigenvalue weighted by molar-refractivity contribution is 7.98. The number of hydrogen-bond donors (Lipinski definition) is 0. The molecule has 0 N–H and O–H groups in total. The second-order valence-corrected chi connectivity index (χ2v) is 7.61. The minimum absolute atomic E-state index is 0.0779. The topological polar surface area (TPSA) is 50.8 Å². The quantitative estimate of drug-likeness (QED) is 0.417. The van der Waals surface area contributed by atoms with Gasteiger partial charge in [0.05, 0.1) is 22.7 Å². The standard InChI is InChI=1S/C19H12Cl2F3N3OS/c1-28-14-4-2-11(3-5-14)10-29-18-12(8-25)9-27(26-18)17-15(20)6-13(7-16(17)21)19(22,23)24/h2-7,9H,10H2,1H3. The molecule has 4 nitrogen and oxygen atoms in total. The number of rotatable bonds is 5. The molecule has 0 atom stereocenters. The van der Waals surface area contributed by atoms with Crippen molar-refractivity contribution in [3.05, 3.63) is 69.3 Å². The fourth-order valence-corrected chi connectivity index (χ4v) is 4.03. The number of nitrogens with zero attached hydrogens (tertiary/aromatic N) is 3. The Hall–Kier alpha value is -2.34. The molecule has 0 aliphatic carbocycles. The van der Waals surface area contributed by atoms with Gasteiger partial charge < -0.3 is 4.74 Å². The molecule has 2 aromatic carbocycles. The van der Waals surface area contributed by atoms with Crippen LogP contribution in [0.5, 0.6) is 5.75 Å². The van der Waals surface area contributed by atoms with E-state index in [9.17, 15) is 18.4 Å². The molecule has 0 spiro atoms. The van der Waals surface area contributed by atoms with Gasteiger partial charge in [-0.15, -0.1) is 0 Å². The number of thioether (sulfide) groups is 1. The third-order valence-electron chi connectivity index (χ3n) is 3.91. The van der Waals surface area contributed by atoms with Crippen LogP contribution in [0.3, 0.4) is 0 Å². The molecular formula is C19H12Cl2F3N3OS. The first-order chi connectivity index (χ1) is 13.7. The van der Waals surface area contributed by atoms with E-state index >= 15 is 0 Å². The highest BCUT2D eigenvalue weighted by atomic mass is 35.5. The van der Waals surface area contributed by atoms with Gasteiger partial charge in [-0.05, 0) is 29.8 Å². The van der Waals surface area contributed by atoms with Crippen molar-refractivity contribution in [2.45, 2.75) is 17.0 Å². The van der Waals surface area contributed by atoms with Crippen LogP contribution in [-0.2, 0) is 11.9 Å². The van der Waals surface area contributed by atoms with E-state index in [1.165, 1.54) is 22.6 Å². The van der Waals surface area contributed by atoms with Crippen LogP contribution in [-0.4, -0.2) is 16.9 Å². The number of alkyl halides is 3. The maximum absolute atomic E-state index is 12.9. The van der Waals surface area contributed by atoms with E-state index in [1.807, 2.05) is 30.3 Å². The van der Waals surface area contributed by atoms with Crippen molar-refractivity contribution in [1.82, 2.24) is 9.78 Å². The number of hydrogen-bond acceptors (Lipinski definition) is 4. The largest absolute Gasteiger partial charge is 0.497 e. The summed E-state index contributed by atoms with van der Waals surface area (Å²) in [6.45, 7) is 0. The second-order valence-electron chi connectivity index (χ2n) is 5.83. The van der Waals surface area contributed by atoms with Gasteiger partial charge in [0.15, 0.2) is 0 Å². The zero-order chi connectivity index (χ0) is 21.2. The van der Waals surface area contributed by atoms with E-state index < -0.39 is 11.7 Å². The lowest BCUT2D eigenvalue weighted by molar-refractivity contribution is -0.137. The zero-order valence-corrected chi connectivity index (χ0v) is 17.1. The minimum Gasteiger partial charge on any atom is -0.497 e. The minimum atomic E-state index is -4.58. The molecular weight excluding hydrogens is 446 g/mol. The van der Waals surface area contributed by atoms with Gasteiger partial charge in [-0.1, -0.05) is 47.1 Å². The summed E-state index contributed by atoms with van der Waals surface area (Å²) < 4.78 is 45.1. The summed E-state index contributed by atoms with van der Waals surface area (Å²) in [5.74, 6) is 1.26. The average Bonchev–Trinajstić information content (AvgIpc) is 3.08. The van der Waals surface area contributed by atoms with Crippen LogP contribution in [0, 0.1) is 11.3 Å². The average molecular weight is 458 g/mol. The van der Waals surface area contributed by atoms with Gasteiger partial charge in [0.25, 0.3) is 0 Å². The maximum atomic E-state index is 12.9. The summed E-state index contributed by atoms with van der Waals surface area (Å²) in [6.07, 6.45) is -3.19. The van der Waals surface area contributed by atoms with Crippen LogP contribution >= 0.6 is 35.0 Å². The molecule has 0 fully saturated rings. The summed E-state index contributed by atoms with van der Waals surface area (Å²) in [5, 5.41) is 13.7. The fraction of sp³-hybridized carbons (Fsp3) is 0.158. The van der Waals surface area contributed by atoms with Crippen LogP contribution in [0.1, 0.15) is 16.7 Å². The second kappa shape index (κ2) is 8.57. The molecule has 1 heterocycles. The molecule has 0 aliphatic heterocycles. The summed E-state index contributed by atoms with van der Waals surface area (Å²) in [7, 11) is 1.58. The van der Waals surface area contributed by atoms with Crippen molar-refractivity contribution in [2.75, 3.05) is 7.11 Å². The normalized spacial score (nSPS) is 11.3. The Labute approximate surface area is 178 Å². The van der Waals surface area contributed by atoms with Crippen LogP contribution in [0.2, 0.25) is 10.0 Å². The molecule has 0 saturated heterocycles. The highest BCUT2D eigenvalue weighted by Crippen LogP contribution is 2.38. The molecule has 0 amide bonds. The Morgan fingerprint density at radius 3 is 2.31 bits per heavy atom. The molecule has 0 radical (unpaired) electrons. The first-order valence-electron chi connectivity index (χ1n) is 8.05. The van der Waals surface area contributed by atoms with Crippen molar-refractivity contribution in [3.63, 3.8) is 0 Å². The van der Waals surface area contributed by atoms with Crippen LogP contribution in [0.4, 0.5) is 13.2 Å². The number of benzene rings is 2. The Morgan fingerprint density at radius 2 is 1.79 bits per heavy atom. The highest BCUT2D eigenvalue weighted by Gasteiger charge is 2.32. The number of ether oxygens (including phenoxy) is 1. The van der Waals surface area contributed by atoms with Crippen molar-refractivity contribution in [3.8, 4) is 17.5 Å². The van der Waals surface area contributed by atoms with Crippen molar-refractivity contribution < 1.29 is 17.9 Å². The van der Waals surface area contributed by atoms with Gasteiger partial charge >= 0.3 is 6.18 Å². The lowest BCUT2D eigenvalue weighted by Gasteiger charge is -2.12. The van der Waals surface area contributed by atoms with Gasteiger partial charge in [0, 0.05) is 11.9 Å². The van der Waals surface area contributed by atoms with E-state index in [0.29, 0.717) is 10.8 Å². The third kappa shape index (κ3) is 4.81. The molecule has 3 rings (SSSR count). The zero-order valence-electron chi connectivity index (χ0n) is 14.8. The molecule has 0 aliphatic rings. The first-order valence-corrected chi connectivity index (χ1v) is 9.79. The predicted octanol–water partition coefficient (Wildman–Crippen LogP) is 6.37. The Kier molecular flexibility index (Phi) is 6.32. The van der Waals surface area contributed by atoms with E-state index in [1.54, 1.807) is 7.11 Å². The Morgan fingerprint density at radius 1 is 1.17 bits per heavy atom. The van der Waals surface area contributed by atoms with Crippen LogP contribution in [0.15, 0.2) is 47.6 Å². The van der Waals surface area contributed by atoms with Crippen molar-refractivity contribution >= 4 is 35.0 Å². The van der Waals surface area contributed by atoms with Gasteiger partial charge in [0.2, 0.25) is 0 Å². The van der Waals surface area contributed by atoms with E-state index in [4.69, 9.17) is 27.9 Å². The van der Waals surface area contributed by atoms with Crippen molar-refractivity contribution in [2.24, 2.45) is 0 Å².